The van der Waals surface area contributed by atoms with Crippen molar-refractivity contribution in [1.29, 1.82) is 0 Å². The van der Waals surface area contributed by atoms with Crippen LogP contribution in [0, 0.1) is 0 Å². The number of carbonyl (C=O) groups excluding carboxylic acids is 1. The van der Waals surface area contributed by atoms with Crippen LogP contribution < -0.4 is 5.32 Å². The topological polar surface area (TPSA) is 44.9 Å². The van der Waals surface area contributed by atoms with Crippen LogP contribution in [0.1, 0.15) is 63.3 Å². The number of amides is 1. The molecular weight excluding hydrogens is 212 g/mol. The first kappa shape index (κ1) is 13.8. The summed E-state index contributed by atoms with van der Waals surface area (Å²) in [6.45, 7) is 13.0. The Morgan fingerprint density at radius 2 is 1.65 bits per heavy atom. The molecule has 1 aromatic rings. The van der Waals surface area contributed by atoms with Crippen molar-refractivity contribution in [3.05, 3.63) is 23.0 Å². The highest BCUT2D eigenvalue weighted by molar-refractivity contribution is 5.92. The van der Waals surface area contributed by atoms with E-state index in [9.17, 15) is 4.79 Å². The average molecular weight is 236 g/mol. The maximum Gasteiger partial charge on any atom is 0.267 e. The maximum atomic E-state index is 11.7. The number of aromatic amines is 1. The Labute approximate surface area is 104 Å². The lowest BCUT2D eigenvalue weighted by Gasteiger charge is -2.26. The van der Waals surface area contributed by atoms with Crippen molar-refractivity contribution in [3.8, 4) is 0 Å². The summed E-state index contributed by atoms with van der Waals surface area (Å²) >= 11 is 0. The molecule has 0 atom stereocenters. The van der Waals surface area contributed by atoms with Crippen LogP contribution in [0.3, 0.4) is 0 Å². The van der Waals surface area contributed by atoms with Crippen LogP contribution in [0.15, 0.2) is 6.07 Å². The summed E-state index contributed by atoms with van der Waals surface area (Å²) in [6.07, 6.45) is 0. The van der Waals surface area contributed by atoms with E-state index in [0.717, 1.165) is 5.69 Å². The molecule has 0 fully saturated rings. The first-order valence-electron chi connectivity index (χ1n) is 6.03. The van der Waals surface area contributed by atoms with Crippen LogP contribution in [0.2, 0.25) is 0 Å². The van der Waals surface area contributed by atoms with Crippen LogP contribution in [0.25, 0.3) is 0 Å². The second kappa shape index (κ2) is 4.21. The van der Waals surface area contributed by atoms with Crippen molar-refractivity contribution in [3.63, 3.8) is 0 Å². The van der Waals surface area contributed by atoms with Crippen molar-refractivity contribution in [2.75, 3.05) is 7.05 Å². The summed E-state index contributed by atoms with van der Waals surface area (Å²) in [5, 5.41) is 2.65. The van der Waals surface area contributed by atoms with Crippen molar-refractivity contribution in [2.24, 2.45) is 0 Å². The summed E-state index contributed by atoms with van der Waals surface area (Å²) < 4.78 is 0. The molecule has 1 amide bonds. The minimum atomic E-state index is -0.0639. The first-order valence-corrected chi connectivity index (χ1v) is 6.03. The Morgan fingerprint density at radius 3 is 1.94 bits per heavy atom. The van der Waals surface area contributed by atoms with Gasteiger partial charge in [-0.05, 0) is 17.0 Å². The summed E-state index contributed by atoms with van der Waals surface area (Å²) in [5.74, 6) is -0.0639. The smallest absolute Gasteiger partial charge is 0.267 e. The molecule has 96 valence electrons. The van der Waals surface area contributed by atoms with Gasteiger partial charge in [-0.2, -0.15) is 0 Å². The normalized spacial score (nSPS) is 12.6. The predicted molar refractivity (Wildman–Crippen MR) is 71.6 cm³/mol. The molecule has 1 rings (SSSR count). The fraction of sp³-hybridized carbons (Fsp3) is 0.643. The molecule has 0 saturated carbocycles. The Hall–Kier alpha value is -1.25. The third kappa shape index (κ3) is 2.90. The Balaban J connectivity index is 3.38. The van der Waals surface area contributed by atoms with Gasteiger partial charge in [0.1, 0.15) is 5.69 Å². The zero-order chi connectivity index (χ0) is 13.4. The first-order chi connectivity index (χ1) is 7.57. The molecule has 0 saturated heterocycles. The van der Waals surface area contributed by atoms with E-state index in [0.29, 0.717) is 5.69 Å². The highest BCUT2D eigenvalue weighted by Gasteiger charge is 2.28. The van der Waals surface area contributed by atoms with E-state index in [1.54, 1.807) is 7.05 Å². The van der Waals surface area contributed by atoms with Crippen molar-refractivity contribution in [1.82, 2.24) is 10.3 Å². The van der Waals surface area contributed by atoms with Gasteiger partial charge in [-0.15, -0.1) is 0 Å². The summed E-state index contributed by atoms with van der Waals surface area (Å²) in [7, 11) is 1.65. The zero-order valence-corrected chi connectivity index (χ0v) is 12.0. The third-order valence-electron chi connectivity index (χ3n) is 2.85. The predicted octanol–water partition coefficient (Wildman–Crippen LogP) is 2.97. The van der Waals surface area contributed by atoms with Gasteiger partial charge in [0.15, 0.2) is 0 Å². The molecule has 1 aromatic heterocycles. The van der Waals surface area contributed by atoms with Gasteiger partial charge < -0.3 is 10.3 Å². The van der Waals surface area contributed by atoms with Crippen LogP contribution >= 0.6 is 0 Å². The van der Waals surface area contributed by atoms with Crippen LogP contribution in [-0.4, -0.2) is 17.9 Å². The fourth-order valence-electron chi connectivity index (χ4n) is 1.89. The Kier molecular flexibility index (Phi) is 3.42. The lowest BCUT2D eigenvalue weighted by molar-refractivity contribution is 0.0958. The minimum absolute atomic E-state index is 0.00881. The molecule has 1 heterocycles. The lowest BCUT2D eigenvalue weighted by Crippen LogP contribution is -2.21. The minimum Gasteiger partial charge on any atom is -0.354 e. The van der Waals surface area contributed by atoms with Crippen LogP contribution in [0.4, 0.5) is 0 Å². The summed E-state index contributed by atoms with van der Waals surface area (Å²) in [6, 6.07) is 1.97. The number of hydrogen-bond acceptors (Lipinski definition) is 1. The number of hydrogen-bond donors (Lipinski definition) is 2. The maximum absolute atomic E-state index is 11.7. The van der Waals surface area contributed by atoms with Gasteiger partial charge >= 0.3 is 0 Å². The van der Waals surface area contributed by atoms with E-state index >= 15 is 0 Å². The van der Waals surface area contributed by atoms with E-state index in [4.69, 9.17) is 0 Å². The summed E-state index contributed by atoms with van der Waals surface area (Å²) in [4.78, 5) is 15.0. The third-order valence-corrected chi connectivity index (χ3v) is 2.85. The van der Waals surface area contributed by atoms with E-state index in [1.165, 1.54) is 5.56 Å². The van der Waals surface area contributed by atoms with Gasteiger partial charge in [0.2, 0.25) is 0 Å². The van der Waals surface area contributed by atoms with Crippen LogP contribution in [0.5, 0.6) is 0 Å². The molecule has 3 heteroatoms. The van der Waals surface area contributed by atoms with Gasteiger partial charge in [-0.25, -0.2) is 0 Å². The molecule has 0 aliphatic carbocycles. The molecule has 0 aliphatic heterocycles. The average Bonchev–Trinajstić information content (AvgIpc) is 2.59. The molecule has 0 aromatic carbocycles. The van der Waals surface area contributed by atoms with Gasteiger partial charge in [0.05, 0.1) is 0 Å². The van der Waals surface area contributed by atoms with Crippen LogP contribution in [-0.2, 0) is 10.8 Å². The standard InChI is InChI=1S/C14H24N2O/c1-13(2,3)9-8-10(12(17)15-7)16-11(9)14(4,5)6/h8,16H,1-7H3,(H,15,17). The highest BCUT2D eigenvalue weighted by atomic mass is 16.1. The van der Waals surface area contributed by atoms with E-state index in [1.807, 2.05) is 6.07 Å². The molecule has 17 heavy (non-hydrogen) atoms. The number of rotatable bonds is 1. The number of aromatic nitrogens is 1. The largest absolute Gasteiger partial charge is 0.354 e. The second-order valence-electron chi connectivity index (χ2n) is 6.55. The fourth-order valence-corrected chi connectivity index (χ4v) is 1.89. The molecule has 2 N–H and O–H groups in total. The van der Waals surface area contributed by atoms with E-state index < -0.39 is 0 Å². The molecule has 0 aliphatic rings. The number of carbonyl (C=O) groups is 1. The van der Waals surface area contributed by atoms with E-state index in [-0.39, 0.29) is 16.7 Å². The summed E-state index contributed by atoms with van der Waals surface area (Å²) in [5.41, 5.74) is 3.04. The highest BCUT2D eigenvalue weighted by Crippen LogP contribution is 2.33. The molecule has 3 nitrogen and oxygen atoms in total. The van der Waals surface area contributed by atoms with Gasteiger partial charge in [-0.3, -0.25) is 4.79 Å². The lowest BCUT2D eigenvalue weighted by atomic mass is 9.79. The second-order valence-corrected chi connectivity index (χ2v) is 6.55. The van der Waals surface area contributed by atoms with Crippen molar-refractivity contribution >= 4 is 5.91 Å². The molecule has 0 spiro atoms. The number of nitrogens with one attached hydrogen (secondary N) is 2. The van der Waals surface area contributed by atoms with Crippen molar-refractivity contribution in [2.45, 2.75) is 52.4 Å². The van der Waals surface area contributed by atoms with Crippen molar-refractivity contribution < 1.29 is 4.79 Å². The van der Waals surface area contributed by atoms with Gasteiger partial charge in [0, 0.05) is 18.2 Å². The van der Waals surface area contributed by atoms with Gasteiger partial charge in [-0.1, -0.05) is 41.5 Å². The molecule has 0 unspecified atom stereocenters. The Bertz CT molecular complexity index is 385. The monoisotopic (exact) mass is 236 g/mol. The van der Waals surface area contributed by atoms with E-state index in [2.05, 4.69) is 51.8 Å². The Morgan fingerprint density at radius 1 is 1.12 bits per heavy atom. The zero-order valence-electron chi connectivity index (χ0n) is 12.0. The number of H-pyrrole nitrogens is 1. The van der Waals surface area contributed by atoms with Gasteiger partial charge in [0.25, 0.3) is 5.91 Å². The molecule has 0 bridgehead atoms. The quantitative estimate of drug-likeness (QED) is 0.773. The molecule has 0 radical (unpaired) electrons. The molecular formula is C14H24N2O. The SMILES string of the molecule is CNC(=O)c1cc(C(C)(C)C)c(C(C)(C)C)[nH]1.